The molecule has 16 heavy (non-hydrogen) atoms. The molecule has 7 nitrogen and oxygen atoms in total. The highest BCUT2D eigenvalue weighted by Crippen LogP contribution is 2.22. The van der Waals surface area contributed by atoms with Gasteiger partial charge in [0.25, 0.3) is 0 Å². The zero-order valence-electron chi connectivity index (χ0n) is 9.85. The summed E-state index contributed by atoms with van der Waals surface area (Å²) in [5, 5.41) is 13.1. The molecule has 0 saturated carbocycles. The van der Waals surface area contributed by atoms with Gasteiger partial charge >= 0.3 is 5.97 Å². The van der Waals surface area contributed by atoms with Crippen LogP contribution in [0.5, 0.6) is 0 Å². The van der Waals surface area contributed by atoms with E-state index in [4.69, 9.17) is 9.47 Å². The first kappa shape index (κ1) is 12.6. The molecule has 1 rings (SSSR count). The summed E-state index contributed by atoms with van der Waals surface area (Å²) in [7, 11) is 0. The van der Waals surface area contributed by atoms with E-state index in [0.29, 0.717) is 0 Å². The second kappa shape index (κ2) is 5.02. The first-order chi connectivity index (χ1) is 7.44. The number of rotatable bonds is 4. The van der Waals surface area contributed by atoms with Crippen LogP contribution in [0.4, 0.5) is 0 Å². The average molecular weight is 228 g/mol. The molecular formula is C9H16N4O3. The molecule has 1 atom stereocenters. The maximum Gasteiger partial charge on any atom is 0.343 e. The van der Waals surface area contributed by atoms with Crippen LogP contribution in [-0.2, 0) is 14.3 Å². The van der Waals surface area contributed by atoms with Crippen LogP contribution in [0.2, 0.25) is 0 Å². The van der Waals surface area contributed by atoms with E-state index < -0.39 is 17.7 Å². The van der Waals surface area contributed by atoms with Gasteiger partial charge in [-0.1, -0.05) is 5.21 Å². The molecule has 1 heterocycles. The number of tetrazole rings is 1. The quantitative estimate of drug-likeness (QED) is 0.760. The van der Waals surface area contributed by atoms with Crippen molar-refractivity contribution >= 4 is 5.97 Å². The predicted octanol–water partition coefficient (Wildman–Crippen LogP) is 0.619. The number of hydrogen-bond acceptors (Lipinski definition) is 6. The van der Waals surface area contributed by atoms with Crippen molar-refractivity contribution < 1.29 is 14.3 Å². The molecule has 90 valence electrons. The highest BCUT2D eigenvalue weighted by molar-refractivity contribution is 5.75. The van der Waals surface area contributed by atoms with Gasteiger partial charge in [0.15, 0.2) is 0 Å². The molecule has 0 spiro atoms. The highest BCUT2D eigenvalue weighted by Gasteiger charge is 2.31. The fourth-order valence-electron chi connectivity index (χ4n) is 1.06. The van der Waals surface area contributed by atoms with Crippen molar-refractivity contribution in [1.29, 1.82) is 0 Å². The van der Waals surface area contributed by atoms with Crippen LogP contribution in [0, 0.1) is 0 Å². The van der Waals surface area contributed by atoms with Gasteiger partial charge in [0.1, 0.15) is 0 Å². The maximum absolute atomic E-state index is 11.7. The average Bonchev–Trinajstić information content (AvgIpc) is 2.65. The molecule has 1 aromatic rings. The molecule has 7 heteroatoms. The Morgan fingerprint density at radius 3 is 2.62 bits per heavy atom. The minimum Gasteiger partial charge on any atom is -0.464 e. The van der Waals surface area contributed by atoms with Crippen LogP contribution in [0.15, 0.2) is 0 Å². The third-order valence-corrected chi connectivity index (χ3v) is 1.57. The fraction of sp³-hybridized carbons (Fsp3) is 0.778. The monoisotopic (exact) mass is 228 g/mol. The van der Waals surface area contributed by atoms with Crippen LogP contribution >= 0.6 is 0 Å². The number of hydrogen-bond donors (Lipinski definition) is 1. The Balaban J connectivity index is 2.82. The predicted molar refractivity (Wildman–Crippen MR) is 54.4 cm³/mol. The van der Waals surface area contributed by atoms with E-state index in [1.54, 1.807) is 6.92 Å². The van der Waals surface area contributed by atoms with E-state index >= 15 is 0 Å². The van der Waals surface area contributed by atoms with Gasteiger partial charge in [-0.05, 0) is 27.7 Å². The van der Waals surface area contributed by atoms with Gasteiger partial charge in [-0.2, -0.15) is 5.21 Å². The van der Waals surface area contributed by atoms with E-state index in [1.165, 1.54) is 0 Å². The molecule has 0 aliphatic rings. The molecule has 0 aliphatic carbocycles. The third kappa shape index (κ3) is 3.58. The van der Waals surface area contributed by atoms with Crippen LogP contribution in [0.1, 0.15) is 39.6 Å². The molecule has 1 aromatic heterocycles. The van der Waals surface area contributed by atoms with Crippen molar-refractivity contribution in [1.82, 2.24) is 20.6 Å². The summed E-state index contributed by atoms with van der Waals surface area (Å²) in [5.41, 5.74) is -0.502. The standard InChI is InChI=1S/C9H16N4O3/c1-5-15-8(14)6(16-9(2,3)4)7-10-12-13-11-7/h6H,5H2,1-4H3,(H,10,11,12,13). The maximum atomic E-state index is 11.7. The number of nitrogens with zero attached hydrogens (tertiary/aromatic N) is 3. The lowest BCUT2D eigenvalue weighted by molar-refractivity contribution is -0.167. The van der Waals surface area contributed by atoms with Gasteiger partial charge in [-0.25, -0.2) is 4.79 Å². The number of aromatic amines is 1. The minimum absolute atomic E-state index is 0.174. The first-order valence-electron chi connectivity index (χ1n) is 5.02. The molecule has 0 fully saturated rings. The first-order valence-corrected chi connectivity index (χ1v) is 5.02. The molecule has 0 radical (unpaired) electrons. The fourth-order valence-corrected chi connectivity index (χ4v) is 1.06. The van der Waals surface area contributed by atoms with E-state index in [-0.39, 0.29) is 12.4 Å². The Labute approximate surface area is 93.5 Å². The van der Waals surface area contributed by atoms with E-state index in [2.05, 4.69) is 20.6 Å². The summed E-state index contributed by atoms with van der Waals surface area (Å²) < 4.78 is 10.4. The van der Waals surface area contributed by atoms with E-state index in [9.17, 15) is 4.79 Å². The van der Waals surface area contributed by atoms with Crippen LogP contribution in [-0.4, -0.2) is 38.8 Å². The summed E-state index contributed by atoms with van der Waals surface area (Å²) in [6.07, 6.45) is -0.946. The number of carbonyl (C=O) groups is 1. The smallest absolute Gasteiger partial charge is 0.343 e. The lowest BCUT2D eigenvalue weighted by Gasteiger charge is -2.24. The lowest BCUT2D eigenvalue weighted by Crippen LogP contribution is -2.29. The van der Waals surface area contributed by atoms with Crippen molar-refractivity contribution in [3.8, 4) is 0 Å². The second-order valence-electron chi connectivity index (χ2n) is 4.13. The number of H-pyrrole nitrogens is 1. The highest BCUT2D eigenvalue weighted by atomic mass is 16.6. The number of esters is 1. The minimum atomic E-state index is -0.946. The summed E-state index contributed by atoms with van der Waals surface area (Å²) in [6.45, 7) is 7.50. The van der Waals surface area contributed by atoms with Gasteiger partial charge < -0.3 is 9.47 Å². The Morgan fingerprint density at radius 2 is 2.19 bits per heavy atom. The van der Waals surface area contributed by atoms with Crippen LogP contribution in [0.3, 0.4) is 0 Å². The summed E-state index contributed by atoms with van der Waals surface area (Å²) in [5.74, 6) is -0.341. The zero-order chi connectivity index (χ0) is 12.2. The third-order valence-electron chi connectivity index (χ3n) is 1.57. The summed E-state index contributed by atoms with van der Waals surface area (Å²) in [6, 6.07) is 0. The Morgan fingerprint density at radius 1 is 1.50 bits per heavy atom. The van der Waals surface area contributed by atoms with Crippen molar-refractivity contribution in [2.45, 2.75) is 39.4 Å². The molecule has 0 aromatic carbocycles. The second-order valence-corrected chi connectivity index (χ2v) is 4.13. The zero-order valence-corrected chi connectivity index (χ0v) is 9.85. The van der Waals surface area contributed by atoms with Gasteiger partial charge in [0.2, 0.25) is 11.9 Å². The van der Waals surface area contributed by atoms with Crippen LogP contribution in [0.25, 0.3) is 0 Å². The van der Waals surface area contributed by atoms with Crippen molar-refractivity contribution in [3.63, 3.8) is 0 Å². The van der Waals surface area contributed by atoms with Crippen LogP contribution < -0.4 is 0 Å². The number of ether oxygens (including phenoxy) is 2. The van der Waals surface area contributed by atoms with E-state index in [0.717, 1.165) is 0 Å². The molecular weight excluding hydrogens is 212 g/mol. The van der Waals surface area contributed by atoms with Gasteiger partial charge in [0.05, 0.1) is 12.2 Å². The summed E-state index contributed by atoms with van der Waals surface area (Å²) >= 11 is 0. The van der Waals surface area contributed by atoms with Gasteiger partial charge in [-0.15, -0.1) is 10.2 Å². The van der Waals surface area contributed by atoms with E-state index in [1.807, 2.05) is 20.8 Å². The largest absolute Gasteiger partial charge is 0.464 e. The number of aromatic nitrogens is 4. The summed E-state index contributed by atoms with van der Waals surface area (Å²) in [4.78, 5) is 11.7. The molecule has 0 saturated heterocycles. The topological polar surface area (TPSA) is 90.0 Å². The van der Waals surface area contributed by atoms with Gasteiger partial charge in [0, 0.05) is 0 Å². The van der Waals surface area contributed by atoms with Crippen molar-refractivity contribution in [3.05, 3.63) is 5.82 Å². The van der Waals surface area contributed by atoms with Gasteiger partial charge in [-0.3, -0.25) is 0 Å². The lowest BCUT2D eigenvalue weighted by atomic mass is 10.2. The molecule has 0 bridgehead atoms. The molecule has 0 amide bonds. The molecule has 1 unspecified atom stereocenters. The SMILES string of the molecule is CCOC(=O)C(OC(C)(C)C)c1nn[nH]n1. The van der Waals surface area contributed by atoms with Crippen molar-refractivity contribution in [2.24, 2.45) is 0 Å². The Kier molecular flexibility index (Phi) is 3.94. The normalized spacial score (nSPS) is 13.5. The number of carbonyl (C=O) groups excluding carboxylic acids is 1. The molecule has 1 N–H and O–H groups in total. The number of nitrogens with one attached hydrogen (secondary N) is 1. The molecule has 0 aliphatic heterocycles. The Hall–Kier alpha value is -1.50. The Bertz CT molecular complexity index is 331. The van der Waals surface area contributed by atoms with Crippen molar-refractivity contribution in [2.75, 3.05) is 6.61 Å².